The molecule has 0 unspecified atom stereocenters. The molecule has 0 aliphatic carbocycles. The summed E-state index contributed by atoms with van der Waals surface area (Å²) in [6.07, 6.45) is 1.10. The highest BCUT2D eigenvalue weighted by molar-refractivity contribution is 7.89. The van der Waals surface area contributed by atoms with Crippen LogP contribution in [0.5, 0.6) is 0 Å². The van der Waals surface area contributed by atoms with Gasteiger partial charge in [-0.25, -0.2) is 30.4 Å². The van der Waals surface area contributed by atoms with Crippen LogP contribution in [0.1, 0.15) is 29.8 Å². The first-order valence-corrected chi connectivity index (χ1v) is 9.84. The lowest BCUT2D eigenvalue weighted by Crippen LogP contribution is -2.30. The lowest BCUT2D eigenvalue weighted by molar-refractivity contribution is 0.104. The summed E-state index contributed by atoms with van der Waals surface area (Å²) in [5, 5.41) is 0. The predicted molar refractivity (Wildman–Crippen MR) is 96.1 cm³/mol. The van der Waals surface area contributed by atoms with Crippen molar-refractivity contribution in [2.75, 3.05) is 13.1 Å². The minimum Gasteiger partial charge on any atom is -0.289 e. The zero-order valence-electron chi connectivity index (χ0n) is 15.3. The molecule has 4 nitrogen and oxygen atoms in total. The monoisotopic (exact) mass is 433 g/mol. The van der Waals surface area contributed by atoms with E-state index in [2.05, 4.69) is 0 Å². The summed E-state index contributed by atoms with van der Waals surface area (Å²) < 4.78 is 92.7. The second kappa shape index (κ2) is 8.83. The number of nitrogens with zero attached hydrogens (tertiary/aromatic N) is 1. The molecule has 0 atom stereocenters. The standard InChI is InChI=1S/C19H16F5NO3S/c1-3-25(4-2)29(27,28)12-7-5-11(6-8-12)14(26)10-9-13-15(20)17(22)19(24)18(23)16(13)21/h5-10H,3-4H2,1-2H3. The average molecular weight is 433 g/mol. The molecule has 156 valence electrons. The molecule has 0 radical (unpaired) electrons. The number of carbonyl (C=O) groups excluding carboxylic acids is 1. The Morgan fingerprint density at radius 2 is 1.31 bits per heavy atom. The maximum absolute atomic E-state index is 13.6. The van der Waals surface area contributed by atoms with Gasteiger partial charge in [0.25, 0.3) is 0 Å². The zero-order valence-corrected chi connectivity index (χ0v) is 16.2. The molecule has 0 amide bonds. The van der Waals surface area contributed by atoms with Crippen molar-refractivity contribution in [1.82, 2.24) is 4.31 Å². The molecule has 2 aromatic rings. The molecule has 0 spiro atoms. The van der Waals surface area contributed by atoms with Crippen LogP contribution in [0.3, 0.4) is 0 Å². The van der Waals surface area contributed by atoms with Crippen LogP contribution in [-0.4, -0.2) is 31.6 Å². The van der Waals surface area contributed by atoms with Gasteiger partial charge in [-0.05, 0) is 36.4 Å². The fraction of sp³-hybridized carbons (Fsp3) is 0.211. The number of hydrogen-bond donors (Lipinski definition) is 0. The van der Waals surface area contributed by atoms with Crippen LogP contribution in [0.2, 0.25) is 0 Å². The summed E-state index contributed by atoms with van der Waals surface area (Å²) in [6, 6.07) is 4.74. The fourth-order valence-electron chi connectivity index (χ4n) is 2.53. The van der Waals surface area contributed by atoms with Gasteiger partial charge in [-0.2, -0.15) is 4.31 Å². The van der Waals surface area contributed by atoms with E-state index >= 15 is 0 Å². The number of ketones is 1. The van der Waals surface area contributed by atoms with E-state index in [1.165, 1.54) is 28.6 Å². The third-order valence-corrected chi connectivity index (χ3v) is 6.19. The van der Waals surface area contributed by atoms with Crippen molar-refractivity contribution in [2.45, 2.75) is 18.7 Å². The van der Waals surface area contributed by atoms with Crippen molar-refractivity contribution < 1.29 is 35.2 Å². The van der Waals surface area contributed by atoms with Crippen LogP contribution in [0.15, 0.2) is 35.2 Å². The first-order chi connectivity index (χ1) is 13.6. The summed E-state index contributed by atoms with van der Waals surface area (Å²) in [5.41, 5.74) is -1.29. The number of rotatable bonds is 7. The van der Waals surface area contributed by atoms with E-state index in [1.54, 1.807) is 13.8 Å². The first-order valence-electron chi connectivity index (χ1n) is 8.40. The topological polar surface area (TPSA) is 54.5 Å². The quantitative estimate of drug-likeness (QED) is 0.215. The van der Waals surface area contributed by atoms with Gasteiger partial charge in [-0.15, -0.1) is 0 Å². The Morgan fingerprint density at radius 3 is 1.76 bits per heavy atom. The molecule has 0 aliphatic rings. The summed E-state index contributed by atoms with van der Waals surface area (Å²) in [4.78, 5) is 12.1. The largest absolute Gasteiger partial charge is 0.289 e. The maximum Gasteiger partial charge on any atom is 0.243 e. The second-order valence-electron chi connectivity index (χ2n) is 5.79. The lowest BCUT2D eigenvalue weighted by atomic mass is 10.1. The Hall–Kier alpha value is -2.59. The van der Waals surface area contributed by atoms with E-state index in [1.807, 2.05) is 0 Å². The number of carbonyl (C=O) groups is 1. The van der Waals surface area contributed by atoms with E-state index in [0.29, 0.717) is 12.2 Å². The normalized spacial score (nSPS) is 12.1. The molecule has 0 fully saturated rings. The van der Waals surface area contributed by atoms with Crippen molar-refractivity contribution in [3.63, 3.8) is 0 Å². The van der Waals surface area contributed by atoms with Crippen LogP contribution in [0.25, 0.3) is 6.08 Å². The smallest absolute Gasteiger partial charge is 0.243 e. The van der Waals surface area contributed by atoms with Crippen LogP contribution in [0.4, 0.5) is 22.0 Å². The van der Waals surface area contributed by atoms with Gasteiger partial charge < -0.3 is 0 Å². The number of halogens is 5. The van der Waals surface area contributed by atoms with Crippen molar-refractivity contribution in [3.8, 4) is 0 Å². The predicted octanol–water partition coefficient (Wildman–Crippen LogP) is 4.31. The van der Waals surface area contributed by atoms with Gasteiger partial charge in [0.15, 0.2) is 29.1 Å². The minimum absolute atomic E-state index is 0.0383. The molecule has 0 heterocycles. The van der Waals surface area contributed by atoms with Gasteiger partial charge in [-0.1, -0.05) is 13.8 Å². The van der Waals surface area contributed by atoms with Crippen LogP contribution in [0, 0.1) is 29.1 Å². The Labute approximate surface area is 164 Å². The summed E-state index contributed by atoms with van der Waals surface area (Å²) >= 11 is 0. The summed E-state index contributed by atoms with van der Waals surface area (Å²) in [6.45, 7) is 3.85. The Bertz CT molecular complexity index is 1030. The maximum atomic E-state index is 13.6. The molecule has 0 aliphatic heterocycles. The number of sulfonamides is 1. The molecule has 0 saturated carbocycles. The van der Waals surface area contributed by atoms with E-state index in [0.717, 1.165) is 0 Å². The van der Waals surface area contributed by atoms with Gasteiger partial charge >= 0.3 is 0 Å². The van der Waals surface area contributed by atoms with Gasteiger partial charge in [0, 0.05) is 18.7 Å². The van der Waals surface area contributed by atoms with Crippen molar-refractivity contribution in [2.24, 2.45) is 0 Å². The molecule has 10 heteroatoms. The Balaban J connectivity index is 2.32. The number of benzene rings is 2. The third kappa shape index (κ3) is 4.38. The van der Waals surface area contributed by atoms with E-state index in [9.17, 15) is 35.2 Å². The van der Waals surface area contributed by atoms with Gasteiger partial charge in [-0.3, -0.25) is 4.79 Å². The second-order valence-corrected chi connectivity index (χ2v) is 7.73. The molecule has 0 aromatic heterocycles. The average Bonchev–Trinajstić information content (AvgIpc) is 2.71. The zero-order chi connectivity index (χ0) is 21.9. The van der Waals surface area contributed by atoms with Gasteiger partial charge in [0.2, 0.25) is 15.8 Å². The Morgan fingerprint density at radius 1 is 0.862 bits per heavy atom. The Kier molecular flexibility index (Phi) is 6.91. The first kappa shape index (κ1) is 22.7. The molecule has 29 heavy (non-hydrogen) atoms. The molecule has 2 rings (SSSR count). The molecular weight excluding hydrogens is 417 g/mol. The molecule has 0 N–H and O–H groups in total. The fourth-order valence-corrected chi connectivity index (χ4v) is 3.99. The van der Waals surface area contributed by atoms with Crippen molar-refractivity contribution in [1.29, 1.82) is 0 Å². The van der Waals surface area contributed by atoms with Gasteiger partial charge in [0.1, 0.15) is 0 Å². The van der Waals surface area contributed by atoms with Crippen LogP contribution < -0.4 is 0 Å². The van der Waals surface area contributed by atoms with Crippen LogP contribution in [-0.2, 0) is 10.0 Å². The molecule has 2 aromatic carbocycles. The molecule has 0 saturated heterocycles. The minimum atomic E-state index is -3.74. The third-order valence-electron chi connectivity index (χ3n) is 4.13. The van der Waals surface area contributed by atoms with Gasteiger partial charge in [0.05, 0.1) is 10.5 Å². The van der Waals surface area contributed by atoms with E-state index in [4.69, 9.17) is 0 Å². The highest BCUT2D eigenvalue weighted by atomic mass is 32.2. The van der Waals surface area contributed by atoms with Crippen LogP contribution >= 0.6 is 0 Å². The summed E-state index contributed by atoms with van der Waals surface area (Å²) in [5.74, 6) is -11.5. The van der Waals surface area contributed by atoms with E-state index < -0.39 is 50.5 Å². The van der Waals surface area contributed by atoms with Crippen molar-refractivity contribution >= 4 is 21.9 Å². The highest BCUT2D eigenvalue weighted by Gasteiger charge is 2.24. The van der Waals surface area contributed by atoms with E-state index in [-0.39, 0.29) is 23.5 Å². The SMILES string of the molecule is CCN(CC)S(=O)(=O)c1ccc(C(=O)C=Cc2c(F)c(F)c(F)c(F)c2F)cc1. The lowest BCUT2D eigenvalue weighted by Gasteiger charge is -2.18. The highest BCUT2D eigenvalue weighted by Crippen LogP contribution is 2.24. The van der Waals surface area contributed by atoms with Crippen molar-refractivity contribution in [3.05, 3.63) is 70.6 Å². The summed E-state index contributed by atoms with van der Waals surface area (Å²) in [7, 11) is -3.74. The number of allylic oxidation sites excluding steroid dienone is 1. The molecule has 0 bridgehead atoms. The number of hydrogen-bond acceptors (Lipinski definition) is 3. The molecular formula is C19H16F5NO3S.